The van der Waals surface area contributed by atoms with Crippen LogP contribution in [0.5, 0.6) is 0 Å². The van der Waals surface area contributed by atoms with E-state index in [2.05, 4.69) is 0 Å². The van der Waals surface area contributed by atoms with Crippen LogP contribution in [-0.4, -0.2) is 59.3 Å². The summed E-state index contributed by atoms with van der Waals surface area (Å²) >= 11 is 0. The van der Waals surface area contributed by atoms with Gasteiger partial charge >= 0.3 is 41.9 Å². The van der Waals surface area contributed by atoms with Crippen molar-refractivity contribution in [2.45, 2.75) is 0 Å². The van der Waals surface area contributed by atoms with E-state index in [1.807, 2.05) is 0 Å². The van der Waals surface area contributed by atoms with E-state index in [-0.39, 0.29) is 98.7 Å². The smallest absolute Gasteiger partial charge is 0.316 e. The Morgan fingerprint density at radius 3 is 1.00 bits per heavy atom. The summed E-state index contributed by atoms with van der Waals surface area (Å²) < 4.78 is 0. The molecule has 0 unspecified atom stereocenters. The summed E-state index contributed by atoms with van der Waals surface area (Å²) in [6.45, 7) is 0. The van der Waals surface area contributed by atoms with Gasteiger partial charge in [0.15, 0.2) is 17.4 Å². The molecule has 5 heavy (non-hydrogen) atoms. The maximum atomic E-state index is 0. The Hall–Kier alpha value is 3.16. The molecule has 0 atom stereocenters. The average Bonchev–Trinajstić information content (AvgIpc) is 0. The van der Waals surface area contributed by atoms with Crippen LogP contribution in [0, 0.1) is 0 Å². The molecule has 0 saturated heterocycles. The summed E-state index contributed by atoms with van der Waals surface area (Å²) in [7, 11) is 0. The maximum Gasteiger partial charge on any atom is 0.316 e. The molecule has 0 bridgehead atoms. The molecular weight excluding hydrogens is 230 g/mol. The SMILES string of the molecule is [Ag].[AlH3].[Cu].[LiH].[MgH2]. The molecular formula is H6AgAlCuLiMg. The fraction of sp³-hybridized carbons (Fsp3) is 0. The van der Waals surface area contributed by atoms with Gasteiger partial charge in [0.05, 0.1) is 0 Å². The molecule has 0 aliphatic rings. The molecule has 2 radical (unpaired) electrons. The Morgan fingerprint density at radius 2 is 1.00 bits per heavy atom. The van der Waals surface area contributed by atoms with E-state index in [1.165, 1.54) is 0 Å². The van der Waals surface area contributed by atoms with Gasteiger partial charge in [-0.25, -0.2) is 0 Å². The van der Waals surface area contributed by atoms with Gasteiger partial charge in [0.1, 0.15) is 0 Å². The van der Waals surface area contributed by atoms with Gasteiger partial charge in [-0.05, 0) is 0 Å². The normalized spacial score (nSPS) is 0. The van der Waals surface area contributed by atoms with Gasteiger partial charge in [-0.15, -0.1) is 0 Å². The van der Waals surface area contributed by atoms with Crippen molar-refractivity contribution in [3.05, 3.63) is 0 Å². The first-order chi connectivity index (χ1) is 0. The minimum atomic E-state index is 0. The van der Waals surface area contributed by atoms with E-state index in [0.717, 1.165) is 0 Å². The zero-order chi connectivity index (χ0) is 0. The van der Waals surface area contributed by atoms with Crippen molar-refractivity contribution in [2.24, 2.45) is 0 Å². The summed E-state index contributed by atoms with van der Waals surface area (Å²) in [5, 5.41) is 0. The molecule has 0 heterocycles. The molecule has 0 rings (SSSR count). The van der Waals surface area contributed by atoms with Crippen LogP contribution in [0.4, 0.5) is 0 Å². The van der Waals surface area contributed by atoms with E-state index in [9.17, 15) is 0 Å². The van der Waals surface area contributed by atoms with Crippen LogP contribution in [0.3, 0.4) is 0 Å². The van der Waals surface area contributed by atoms with Crippen LogP contribution in [0.25, 0.3) is 0 Å². The number of hydrogen-bond acceptors (Lipinski definition) is 0. The van der Waals surface area contributed by atoms with E-state index >= 15 is 0 Å². The fourth-order valence-corrected chi connectivity index (χ4v) is 0. The molecule has 0 spiro atoms. The van der Waals surface area contributed by atoms with Gasteiger partial charge in [-0.1, -0.05) is 0 Å². The zero-order valence-corrected chi connectivity index (χ0v) is 3.03. The summed E-state index contributed by atoms with van der Waals surface area (Å²) in [4.78, 5) is 0. The quantitative estimate of drug-likeness (QED) is 0.400. The van der Waals surface area contributed by atoms with E-state index in [0.29, 0.717) is 0 Å². The second-order valence-corrected chi connectivity index (χ2v) is 0. The van der Waals surface area contributed by atoms with Gasteiger partial charge in [0, 0.05) is 39.4 Å². The summed E-state index contributed by atoms with van der Waals surface area (Å²) in [5.41, 5.74) is 0. The minimum absolute atomic E-state index is 0. The Morgan fingerprint density at radius 1 is 1.00 bits per heavy atom. The monoisotopic (exact) mass is 234 g/mol. The molecule has 0 aromatic carbocycles. The Labute approximate surface area is 97.0 Å². The van der Waals surface area contributed by atoms with Crippen LogP contribution >= 0.6 is 0 Å². The standard InChI is InChI=1S/Ag.Al.Cu.Li.Mg.6H. The number of rotatable bonds is 0. The largest absolute Gasteiger partial charge is 0.316 e. The summed E-state index contributed by atoms with van der Waals surface area (Å²) in [6, 6.07) is 0. The Kier molecular flexibility index (Phi) is 228. The van der Waals surface area contributed by atoms with Crippen molar-refractivity contribution in [2.75, 3.05) is 0 Å². The molecule has 0 aromatic heterocycles. The van der Waals surface area contributed by atoms with Gasteiger partial charge in [0.2, 0.25) is 0 Å². The molecule has 34 valence electrons. The second kappa shape index (κ2) is 27.2. The van der Waals surface area contributed by atoms with Crippen molar-refractivity contribution >= 4 is 59.3 Å². The first kappa shape index (κ1) is 41.9. The van der Waals surface area contributed by atoms with Crippen LogP contribution in [-0.2, 0) is 39.4 Å². The van der Waals surface area contributed by atoms with Crippen LogP contribution in [0.1, 0.15) is 0 Å². The zero-order valence-electron chi connectivity index (χ0n) is 0.603. The van der Waals surface area contributed by atoms with E-state index in [4.69, 9.17) is 0 Å². The molecule has 0 aromatic rings. The van der Waals surface area contributed by atoms with Gasteiger partial charge in [-0.3, -0.25) is 0 Å². The average molecular weight is 236 g/mol. The maximum absolute atomic E-state index is 0. The van der Waals surface area contributed by atoms with E-state index in [1.54, 1.807) is 0 Å². The molecule has 0 amide bonds. The van der Waals surface area contributed by atoms with Crippen molar-refractivity contribution in [1.29, 1.82) is 0 Å². The third-order valence-corrected chi connectivity index (χ3v) is 0. The molecule has 0 aliphatic heterocycles. The van der Waals surface area contributed by atoms with E-state index < -0.39 is 0 Å². The van der Waals surface area contributed by atoms with Crippen molar-refractivity contribution in [3.63, 3.8) is 0 Å². The third kappa shape index (κ3) is 19.1. The molecule has 0 saturated carbocycles. The fourth-order valence-electron chi connectivity index (χ4n) is 0. The second-order valence-electron chi connectivity index (χ2n) is 0. The van der Waals surface area contributed by atoms with Crippen LogP contribution in [0.15, 0.2) is 0 Å². The van der Waals surface area contributed by atoms with Gasteiger partial charge in [0.25, 0.3) is 0 Å². The predicted molar refractivity (Wildman–Crippen MR) is 25.6 cm³/mol. The minimum Gasteiger partial charge on any atom is 0.316 e. The summed E-state index contributed by atoms with van der Waals surface area (Å²) in [6.07, 6.45) is 0. The molecule has 0 aliphatic carbocycles. The first-order valence-corrected chi connectivity index (χ1v) is 0. The summed E-state index contributed by atoms with van der Waals surface area (Å²) in [5.74, 6) is 0. The molecule has 5 heteroatoms. The first-order valence-electron chi connectivity index (χ1n) is 0. The molecule has 0 N–H and O–H groups in total. The molecule has 0 fully saturated rings. The molecule has 0 nitrogen and oxygen atoms in total. The van der Waals surface area contributed by atoms with Crippen molar-refractivity contribution < 1.29 is 39.4 Å². The van der Waals surface area contributed by atoms with Gasteiger partial charge < -0.3 is 0 Å². The third-order valence-electron chi connectivity index (χ3n) is 0. The van der Waals surface area contributed by atoms with Crippen LogP contribution < -0.4 is 0 Å². The Balaban J connectivity index is 0. The number of hydrogen-bond donors (Lipinski definition) is 0. The predicted octanol–water partition coefficient (Wildman–Crippen LogP) is -2.75. The van der Waals surface area contributed by atoms with Crippen LogP contribution in [0.2, 0.25) is 0 Å². The van der Waals surface area contributed by atoms with Crippen molar-refractivity contribution in [3.8, 4) is 0 Å². The Bertz CT molecular complexity index is 11.6. The van der Waals surface area contributed by atoms with Crippen molar-refractivity contribution in [1.82, 2.24) is 0 Å². The van der Waals surface area contributed by atoms with Gasteiger partial charge in [-0.2, -0.15) is 0 Å². The topological polar surface area (TPSA) is 0 Å².